The van der Waals surface area contributed by atoms with Crippen molar-refractivity contribution in [2.24, 2.45) is 0 Å². The second kappa shape index (κ2) is 8.52. The summed E-state index contributed by atoms with van der Waals surface area (Å²) in [5.74, 6) is 1.42. The maximum atomic E-state index is 13.4. The van der Waals surface area contributed by atoms with Crippen LogP contribution < -0.4 is 24.6 Å². The average Bonchev–Trinajstić information content (AvgIpc) is 3.29. The molecule has 192 valence electrons. The second-order valence-corrected chi connectivity index (χ2v) is 8.72. The molecule has 3 aromatic carbocycles. The quantitative estimate of drug-likeness (QED) is 0.231. The molecule has 6 aromatic rings. The molecule has 0 saturated heterocycles. The third-order valence-electron chi connectivity index (χ3n) is 6.83. The summed E-state index contributed by atoms with van der Waals surface area (Å²) in [5, 5.41) is 23.1. The molecule has 0 unspecified atom stereocenters. The zero-order valence-corrected chi connectivity index (χ0v) is 21.0. The lowest BCUT2D eigenvalue weighted by molar-refractivity contribution is 0.355. The van der Waals surface area contributed by atoms with Crippen LogP contribution in [0.1, 0.15) is 0 Å². The topological polar surface area (TPSA) is 112 Å². The van der Waals surface area contributed by atoms with Crippen LogP contribution in [0.25, 0.3) is 49.3 Å². The first-order valence-corrected chi connectivity index (χ1v) is 11.6. The van der Waals surface area contributed by atoms with Gasteiger partial charge in [0.2, 0.25) is 0 Å². The van der Waals surface area contributed by atoms with Gasteiger partial charge in [0.05, 0.1) is 34.0 Å². The van der Waals surface area contributed by atoms with Crippen molar-refractivity contribution in [1.29, 1.82) is 0 Å². The Morgan fingerprint density at radius 3 is 2.08 bits per heavy atom. The minimum Gasteiger partial charge on any atom is -0.504 e. The van der Waals surface area contributed by atoms with Gasteiger partial charge < -0.3 is 38.0 Å². The zero-order chi connectivity index (χ0) is 26.7. The summed E-state index contributed by atoms with van der Waals surface area (Å²) in [6.07, 6.45) is 1.79. The molecule has 9 heteroatoms. The molecule has 6 rings (SSSR count). The van der Waals surface area contributed by atoms with E-state index in [0.717, 1.165) is 16.3 Å². The van der Waals surface area contributed by atoms with Gasteiger partial charge in [-0.25, -0.2) is 4.79 Å². The van der Waals surface area contributed by atoms with Crippen LogP contribution >= 0.6 is 0 Å². The molecule has 0 aliphatic rings. The van der Waals surface area contributed by atoms with Crippen LogP contribution in [0.4, 0.5) is 0 Å². The number of nitrogens with zero attached hydrogens (tertiary/aromatic N) is 1. The highest BCUT2D eigenvalue weighted by molar-refractivity contribution is 6.21. The van der Waals surface area contributed by atoms with Crippen molar-refractivity contribution < 1.29 is 33.6 Å². The third kappa shape index (κ3) is 3.21. The Balaban J connectivity index is 1.91. The normalized spacial score (nSPS) is 11.5. The lowest BCUT2D eigenvalue weighted by Gasteiger charge is -2.13. The summed E-state index contributed by atoms with van der Waals surface area (Å²) in [7, 11) is 6.24. The van der Waals surface area contributed by atoms with Gasteiger partial charge >= 0.3 is 5.63 Å². The van der Waals surface area contributed by atoms with Gasteiger partial charge in [0.25, 0.3) is 0 Å². The average molecular weight is 514 g/mol. The molecule has 0 fully saturated rings. The minimum absolute atomic E-state index is 0.138. The first kappa shape index (κ1) is 23.4. The van der Waals surface area contributed by atoms with Crippen molar-refractivity contribution in [2.75, 3.05) is 28.4 Å². The van der Waals surface area contributed by atoms with Crippen LogP contribution in [-0.2, 0) is 0 Å². The number of rotatable bonds is 5. The highest BCUT2D eigenvalue weighted by atomic mass is 16.5. The van der Waals surface area contributed by atoms with E-state index in [1.807, 2.05) is 30.3 Å². The van der Waals surface area contributed by atoms with Crippen LogP contribution in [0.2, 0.25) is 0 Å². The fourth-order valence-electron chi connectivity index (χ4n) is 5.12. The van der Waals surface area contributed by atoms with E-state index in [1.165, 1.54) is 12.1 Å². The zero-order valence-electron chi connectivity index (χ0n) is 21.0. The first-order valence-electron chi connectivity index (χ1n) is 11.6. The van der Waals surface area contributed by atoms with Crippen molar-refractivity contribution >= 4 is 38.2 Å². The molecule has 9 nitrogen and oxygen atoms in total. The molecule has 0 atom stereocenters. The van der Waals surface area contributed by atoms with Gasteiger partial charge in [-0.05, 0) is 47.3 Å². The van der Waals surface area contributed by atoms with Crippen LogP contribution in [0, 0.1) is 0 Å². The van der Waals surface area contributed by atoms with Crippen LogP contribution in [0.3, 0.4) is 0 Å². The number of phenolic OH excluding ortho intramolecular Hbond substituents is 2. The number of aromatic hydroxyl groups is 2. The Labute approximate surface area is 215 Å². The summed E-state index contributed by atoms with van der Waals surface area (Å²) in [6, 6.07) is 13.7. The fraction of sp³-hybridized carbons (Fsp3) is 0.138. The molecular formula is C29H23NO8. The number of hydrogen-bond donors (Lipinski definition) is 2. The largest absolute Gasteiger partial charge is 0.504 e. The van der Waals surface area contributed by atoms with Crippen molar-refractivity contribution in [2.45, 2.75) is 0 Å². The predicted molar refractivity (Wildman–Crippen MR) is 143 cm³/mol. The number of fused-ring (bicyclic) bond motifs is 7. The maximum absolute atomic E-state index is 13.4. The summed E-state index contributed by atoms with van der Waals surface area (Å²) < 4.78 is 29.5. The number of aromatic nitrogens is 1. The molecule has 0 bridgehead atoms. The van der Waals surface area contributed by atoms with Crippen LogP contribution in [0.5, 0.6) is 34.5 Å². The summed E-state index contributed by atoms with van der Waals surface area (Å²) in [5.41, 5.74) is 1.95. The Hall–Kier alpha value is -5.05. The van der Waals surface area contributed by atoms with Gasteiger partial charge in [-0.15, -0.1) is 0 Å². The van der Waals surface area contributed by atoms with E-state index in [9.17, 15) is 15.0 Å². The first-order chi connectivity index (χ1) is 18.4. The van der Waals surface area contributed by atoms with Crippen LogP contribution in [-0.4, -0.2) is 43.1 Å². The van der Waals surface area contributed by atoms with Gasteiger partial charge in [-0.3, -0.25) is 0 Å². The van der Waals surface area contributed by atoms with E-state index < -0.39 is 11.4 Å². The van der Waals surface area contributed by atoms with E-state index in [4.69, 9.17) is 23.4 Å². The summed E-state index contributed by atoms with van der Waals surface area (Å²) >= 11 is 0. The van der Waals surface area contributed by atoms with Crippen molar-refractivity contribution in [3.63, 3.8) is 0 Å². The Morgan fingerprint density at radius 1 is 0.711 bits per heavy atom. The number of benzene rings is 3. The summed E-state index contributed by atoms with van der Waals surface area (Å²) in [4.78, 5) is 13.4. The molecule has 0 aliphatic heterocycles. The third-order valence-corrected chi connectivity index (χ3v) is 6.83. The molecule has 2 N–H and O–H groups in total. The molecule has 0 radical (unpaired) electrons. The van der Waals surface area contributed by atoms with Gasteiger partial charge in [0.1, 0.15) is 11.1 Å². The number of pyridine rings is 1. The van der Waals surface area contributed by atoms with Gasteiger partial charge in [0.15, 0.2) is 34.5 Å². The van der Waals surface area contributed by atoms with Crippen molar-refractivity contribution in [3.8, 4) is 45.6 Å². The van der Waals surface area contributed by atoms with E-state index in [-0.39, 0.29) is 16.8 Å². The predicted octanol–water partition coefficient (Wildman–Crippen LogP) is 5.46. The molecule has 3 aromatic heterocycles. The second-order valence-electron chi connectivity index (χ2n) is 8.72. The standard InChI is InChI=1S/C29H23NO8/c1-34-20-6-5-15(10-22(20)35-2)25-26-17-11-18(31)19(32)13-21(17)38-29(33)28(26)30-8-7-14-9-23(36-3)24(37-4)12-16(14)27(25)30/h5-13,31-32H,1-4H3. The number of ether oxygens (including phenoxy) is 4. The van der Waals surface area contributed by atoms with Crippen molar-refractivity contribution in [3.05, 3.63) is 65.1 Å². The molecule has 0 spiro atoms. The highest BCUT2D eigenvalue weighted by Gasteiger charge is 2.24. The fourth-order valence-corrected chi connectivity index (χ4v) is 5.12. The minimum atomic E-state index is -0.598. The lowest BCUT2D eigenvalue weighted by Crippen LogP contribution is -2.02. The molecule has 0 amide bonds. The number of methoxy groups -OCH3 is 4. The number of phenols is 2. The summed E-state index contributed by atoms with van der Waals surface area (Å²) in [6.45, 7) is 0. The molecule has 3 heterocycles. The Kier molecular flexibility index (Phi) is 5.23. The van der Waals surface area contributed by atoms with Gasteiger partial charge in [-0.2, -0.15) is 0 Å². The van der Waals surface area contributed by atoms with Gasteiger partial charge in [0, 0.05) is 34.0 Å². The molecule has 0 saturated carbocycles. The highest BCUT2D eigenvalue weighted by Crippen LogP contribution is 2.46. The van der Waals surface area contributed by atoms with E-state index >= 15 is 0 Å². The van der Waals surface area contributed by atoms with Crippen LogP contribution in [0.15, 0.2) is 63.9 Å². The smallest absolute Gasteiger partial charge is 0.361 e. The lowest BCUT2D eigenvalue weighted by atomic mass is 9.98. The SMILES string of the molecule is COc1ccc(-c2c3c4cc(O)c(O)cc4oc(=O)c3n3ccc4cc(OC)c(OC)cc4c23)cc1OC. The number of hydrogen-bond acceptors (Lipinski definition) is 8. The van der Waals surface area contributed by atoms with E-state index in [0.29, 0.717) is 44.9 Å². The monoisotopic (exact) mass is 513 g/mol. The Bertz CT molecular complexity index is 1970. The molecule has 38 heavy (non-hydrogen) atoms. The van der Waals surface area contributed by atoms with Crippen molar-refractivity contribution in [1.82, 2.24) is 4.40 Å². The van der Waals surface area contributed by atoms with E-state index in [2.05, 4.69) is 0 Å². The maximum Gasteiger partial charge on any atom is 0.361 e. The van der Waals surface area contributed by atoms with Gasteiger partial charge in [-0.1, -0.05) is 6.07 Å². The van der Waals surface area contributed by atoms with E-state index in [1.54, 1.807) is 45.1 Å². The molecule has 0 aliphatic carbocycles. The molecular weight excluding hydrogens is 490 g/mol. The Morgan fingerprint density at radius 2 is 1.37 bits per heavy atom.